The van der Waals surface area contributed by atoms with Crippen LogP contribution in [0.25, 0.3) is 11.6 Å². The second-order valence-electron chi connectivity index (χ2n) is 4.16. The third kappa shape index (κ3) is 1.67. The lowest BCUT2D eigenvalue weighted by molar-refractivity contribution is 0.892. The molecule has 2 aromatic heterocycles. The first-order chi connectivity index (χ1) is 7.74. The molecule has 0 amide bonds. The number of aromatic nitrogens is 4. The van der Waals surface area contributed by atoms with Gasteiger partial charge >= 0.3 is 0 Å². The molecule has 5 heteroatoms. The monoisotopic (exact) mass is 232 g/mol. The van der Waals surface area contributed by atoms with Crippen molar-refractivity contribution in [2.45, 2.75) is 18.8 Å². The van der Waals surface area contributed by atoms with Crippen LogP contribution in [0.5, 0.6) is 0 Å². The van der Waals surface area contributed by atoms with Crippen molar-refractivity contribution in [2.24, 2.45) is 7.05 Å². The third-order valence-electron chi connectivity index (χ3n) is 2.81. The fraction of sp³-hybridized carbons (Fsp3) is 0.364. The summed E-state index contributed by atoms with van der Waals surface area (Å²) < 4.78 is 2.57. The van der Waals surface area contributed by atoms with E-state index < -0.39 is 0 Å². The number of aryl methyl sites for hydroxylation is 1. The van der Waals surface area contributed by atoms with Gasteiger partial charge in [0.2, 0.25) is 0 Å². The van der Waals surface area contributed by atoms with Crippen molar-refractivity contribution in [3.8, 4) is 11.6 Å². The number of hydrogen-bond acceptors (Lipinski definition) is 3. The quantitative estimate of drug-likeness (QED) is 0.809. The van der Waals surface area contributed by atoms with E-state index in [1.54, 1.807) is 6.20 Å². The standard InChI is InChI=1S/C11H12N4S/c1-15-5-4-12-11(15)10-13-8(7-2-3-7)6-9(16)14-10/h4-7H,2-3H2,1H3,(H,13,14,16). The summed E-state index contributed by atoms with van der Waals surface area (Å²) in [5.41, 5.74) is 1.19. The van der Waals surface area contributed by atoms with Gasteiger partial charge in [-0.15, -0.1) is 0 Å². The minimum absolute atomic E-state index is 0.638. The SMILES string of the molecule is Cn1ccnc1-c1nc(=S)cc(C2CC2)[nH]1. The molecule has 2 aromatic rings. The minimum Gasteiger partial charge on any atom is -0.340 e. The summed E-state index contributed by atoms with van der Waals surface area (Å²) in [7, 11) is 1.95. The highest BCUT2D eigenvalue weighted by Gasteiger charge is 2.25. The van der Waals surface area contributed by atoms with Crippen LogP contribution in [0.15, 0.2) is 18.5 Å². The highest BCUT2D eigenvalue weighted by molar-refractivity contribution is 7.71. The smallest absolute Gasteiger partial charge is 0.175 e. The van der Waals surface area contributed by atoms with Gasteiger partial charge in [0.15, 0.2) is 11.6 Å². The van der Waals surface area contributed by atoms with Gasteiger partial charge in [-0.25, -0.2) is 9.97 Å². The zero-order valence-electron chi connectivity index (χ0n) is 8.97. The predicted molar refractivity (Wildman–Crippen MR) is 63.6 cm³/mol. The largest absolute Gasteiger partial charge is 0.340 e. The topological polar surface area (TPSA) is 46.5 Å². The van der Waals surface area contributed by atoms with Crippen LogP contribution in [-0.2, 0) is 7.05 Å². The Hall–Kier alpha value is -1.49. The summed E-state index contributed by atoms with van der Waals surface area (Å²) in [6.07, 6.45) is 6.15. The molecule has 16 heavy (non-hydrogen) atoms. The van der Waals surface area contributed by atoms with E-state index in [-0.39, 0.29) is 0 Å². The molecule has 0 aliphatic heterocycles. The molecular weight excluding hydrogens is 220 g/mol. The maximum absolute atomic E-state index is 5.18. The van der Waals surface area contributed by atoms with Gasteiger partial charge in [-0.2, -0.15) is 0 Å². The van der Waals surface area contributed by atoms with Gasteiger partial charge in [-0.3, -0.25) is 0 Å². The Balaban J connectivity index is 2.13. The number of H-pyrrole nitrogens is 1. The minimum atomic E-state index is 0.638. The predicted octanol–water partition coefficient (Wildman–Crippen LogP) is 2.42. The zero-order valence-corrected chi connectivity index (χ0v) is 9.79. The van der Waals surface area contributed by atoms with Crippen LogP contribution in [0.3, 0.4) is 0 Å². The molecule has 0 bridgehead atoms. The number of hydrogen-bond donors (Lipinski definition) is 1. The highest BCUT2D eigenvalue weighted by Crippen LogP contribution is 2.39. The maximum Gasteiger partial charge on any atom is 0.175 e. The van der Waals surface area contributed by atoms with E-state index in [4.69, 9.17) is 12.2 Å². The number of aromatic amines is 1. The van der Waals surface area contributed by atoms with Gasteiger partial charge in [0.25, 0.3) is 0 Å². The van der Waals surface area contributed by atoms with Gasteiger partial charge in [-0.05, 0) is 24.8 Å². The lowest BCUT2D eigenvalue weighted by Crippen LogP contribution is -1.99. The van der Waals surface area contributed by atoms with Crippen LogP contribution in [0, 0.1) is 4.64 Å². The molecule has 2 heterocycles. The Morgan fingerprint density at radius 3 is 2.94 bits per heavy atom. The van der Waals surface area contributed by atoms with E-state index in [1.807, 2.05) is 23.9 Å². The second-order valence-corrected chi connectivity index (χ2v) is 4.58. The normalized spacial score (nSPS) is 15.3. The number of nitrogens with one attached hydrogen (secondary N) is 1. The average Bonchev–Trinajstić information content (AvgIpc) is 3.01. The van der Waals surface area contributed by atoms with Crippen LogP contribution in [0.4, 0.5) is 0 Å². The Bertz CT molecular complexity index is 580. The lowest BCUT2D eigenvalue weighted by Gasteiger charge is -2.04. The van der Waals surface area contributed by atoms with Crippen LogP contribution >= 0.6 is 12.2 Å². The first-order valence-corrected chi connectivity index (χ1v) is 5.74. The maximum atomic E-state index is 5.18. The molecule has 0 unspecified atom stereocenters. The Labute approximate surface area is 98.4 Å². The summed E-state index contributed by atoms with van der Waals surface area (Å²) in [4.78, 5) is 11.9. The summed E-state index contributed by atoms with van der Waals surface area (Å²) in [5, 5.41) is 0. The van der Waals surface area contributed by atoms with Crippen LogP contribution in [-0.4, -0.2) is 19.5 Å². The van der Waals surface area contributed by atoms with Crippen molar-refractivity contribution < 1.29 is 0 Å². The zero-order chi connectivity index (χ0) is 11.1. The Kier molecular flexibility index (Phi) is 2.14. The average molecular weight is 232 g/mol. The number of nitrogens with zero attached hydrogens (tertiary/aromatic N) is 3. The van der Waals surface area contributed by atoms with Gasteiger partial charge in [0.1, 0.15) is 4.64 Å². The fourth-order valence-corrected chi connectivity index (χ4v) is 2.01. The van der Waals surface area contributed by atoms with E-state index in [9.17, 15) is 0 Å². The van der Waals surface area contributed by atoms with Crippen molar-refractivity contribution in [3.05, 3.63) is 28.8 Å². The molecule has 1 saturated carbocycles. The number of rotatable bonds is 2. The number of imidazole rings is 1. The molecule has 1 N–H and O–H groups in total. The molecule has 0 spiro atoms. The van der Waals surface area contributed by atoms with Crippen LogP contribution < -0.4 is 0 Å². The molecule has 0 saturated heterocycles. The molecule has 0 atom stereocenters. The van der Waals surface area contributed by atoms with Crippen molar-refractivity contribution in [2.75, 3.05) is 0 Å². The summed E-state index contributed by atoms with van der Waals surface area (Å²) in [5.74, 6) is 2.24. The van der Waals surface area contributed by atoms with E-state index in [0.717, 1.165) is 11.6 Å². The highest BCUT2D eigenvalue weighted by atomic mass is 32.1. The third-order valence-corrected chi connectivity index (χ3v) is 3.02. The summed E-state index contributed by atoms with van der Waals surface area (Å²) in [6.45, 7) is 0. The van der Waals surface area contributed by atoms with Gasteiger partial charge in [0.05, 0.1) is 0 Å². The Morgan fingerprint density at radius 2 is 2.31 bits per heavy atom. The molecule has 82 valence electrons. The van der Waals surface area contributed by atoms with Crippen molar-refractivity contribution in [3.63, 3.8) is 0 Å². The van der Waals surface area contributed by atoms with Crippen molar-refractivity contribution in [1.29, 1.82) is 0 Å². The first-order valence-electron chi connectivity index (χ1n) is 5.33. The van der Waals surface area contributed by atoms with Gasteiger partial charge in [-0.1, -0.05) is 12.2 Å². The van der Waals surface area contributed by atoms with E-state index in [2.05, 4.69) is 15.0 Å². The Morgan fingerprint density at radius 1 is 1.50 bits per heavy atom. The van der Waals surface area contributed by atoms with Crippen molar-refractivity contribution >= 4 is 12.2 Å². The molecule has 0 radical (unpaired) electrons. The van der Waals surface area contributed by atoms with Crippen molar-refractivity contribution in [1.82, 2.24) is 19.5 Å². The second kappa shape index (κ2) is 3.52. The molecule has 1 aliphatic carbocycles. The van der Waals surface area contributed by atoms with E-state index in [1.165, 1.54) is 18.5 Å². The summed E-state index contributed by atoms with van der Waals surface area (Å²) >= 11 is 5.18. The van der Waals surface area contributed by atoms with E-state index in [0.29, 0.717) is 10.6 Å². The molecule has 1 fully saturated rings. The molecule has 0 aromatic carbocycles. The molecule has 4 nitrogen and oxygen atoms in total. The van der Waals surface area contributed by atoms with Gasteiger partial charge < -0.3 is 9.55 Å². The van der Waals surface area contributed by atoms with E-state index >= 15 is 0 Å². The molecule has 3 rings (SSSR count). The fourth-order valence-electron chi connectivity index (χ4n) is 1.79. The first kappa shape index (κ1) is 9.72. The summed E-state index contributed by atoms with van der Waals surface area (Å²) in [6, 6.07) is 1.96. The molecular formula is C11H12N4S. The van der Waals surface area contributed by atoms with Gasteiger partial charge in [0, 0.05) is 25.1 Å². The van der Waals surface area contributed by atoms with Crippen LogP contribution in [0.1, 0.15) is 24.5 Å². The molecule has 1 aliphatic rings. The lowest BCUT2D eigenvalue weighted by atomic mass is 10.3. The van der Waals surface area contributed by atoms with Crippen LogP contribution in [0.2, 0.25) is 0 Å².